The summed E-state index contributed by atoms with van der Waals surface area (Å²) in [5, 5.41) is 0. The predicted octanol–water partition coefficient (Wildman–Crippen LogP) is 3.50. The summed E-state index contributed by atoms with van der Waals surface area (Å²) in [4.78, 5) is 17.4. The van der Waals surface area contributed by atoms with Crippen LogP contribution in [0.5, 0.6) is 0 Å². The third-order valence-corrected chi connectivity index (χ3v) is 5.26. The van der Waals surface area contributed by atoms with Gasteiger partial charge in [0.05, 0.1) is 16.8 Å². The largest absolute Gasteiger partial charge is 0.380 e. The molecule has 4 nitrogen and oxygen atoms in total. The van der Waals surface area contributed by atoms with E-state index in [4.69, 9.17) is 4.74 Å². The number of ether oxygens (including phenoxy) is 1. The van der Waals surface area contributed by atoms with E-state index in [1.807, 2.05) is 11.5 Å². The summed E-state index contributed by atoms with van der Waals surface area (Å²) in [5.74, 6) is -0.263. The zero-order chi connectivity index (χ0) is 16.2. The lowest BCUT2D eigenvalue weighted by Crippen LogP contribution is -2.21. The maximum atomic E-state index is 13.5. The van der Waals surface area contributed by atoms with Crippen molar-refractivity contribution >= 4 is 27.5 Å². The minimum Gasteiger partial charge on any atom is -0.380 e. The van der Waals surface area contributed by atoms with E-state index < -0.39 is 0 Å². The normalized spacial score (nSPS) is 16.5. The van der Waals surface area contributed by atoms with Crippen LogP contribution in [0.2, 0.25) is 0 Å². The zero-order valence-corrected chi connectivity index (χ0v) is 14.1. The van der Waals surface area contributed by atoms with E-state index in [-0.39, 0.29) is 17.6 Å². The fourth-order valence-electron chi connectivity index (χ4n) is 3.01. The van der Waals surface area contributed by atoms with E-state index in [9.17, 15) is 9.18 Å². The third kappa shape index (κ3) is 3.70. The first-order valence-corrected chi connectivity index (χ1v) is 8.96. The fraction of sp³-hybridized carbons (Fsp3) is 0.529. The van der Waals surface area contributed by atoms with Crippen molar-refractivity contribution in [2.75, 3.05) is 13.2 Å². The third-order valence-electron chi connectivity index (χ3n) is 4.22. The number of hydrogen-bond donors (Lipinski definition) is 0. The molecule has 2 aromatic rings. The van der Waals surface area contributed by atoms with Crippen LogP contribution in [-0.2, 0) is 16.1 Å². The smallest absolute Gasteiger partial charge is 0.251 e. The second-order valence-corrected chi connectivity index (χ2v) is 6.79. The summed E-state index contributed by atoms with van der Waals surface area (Å²) in [5.41, 5.74) is 0.897. The van der Waals surface area contributed by atoms with Crippen LogP contribution in [0.1, 0.15) is 32.6 Å². The highest BCUT2D eigenvalue weighted by Gasteiger charge is 2.22. The number of aromatic nitrogens is 1. The highest BCUT2D eigenvalue weighted by molar-refractivity contribution is 7.16. The number of nitrogens with zero attached hydrogens (tertiary/aromatic N) is 2. The summed E-state index contributed by atoms with van der Waals surface area (Å²) in [6.07, 6.45) is 4.07. The lowest BCUT2D eigenvalue weighted by molar-refractivity contribution is -0.121. The lowest BCUT2D eigenvalue weighted by atomic mass is 10.1. The van der Waals surface area contributed by atoms with Gasteiger partial charge in [-0.15, -0.1) is 0 Å². The molecule has 0 aliphatic heterocycles. The maximum absolute atomic E-state index is 13.5. The minimum absolute atomic E-state index is 0.0420. The van der Waals surface area contributed by atoms with Gasteiger partial charge < -0.3 is 9.30 Å². The van der Waals surface area contributed by atoms with Crippen LogP contribution in [0, 0.1) is 11.7 Å². The van der Waals surface area contributed by atoms with Crippen molar-refractivity contribution in [3.63, 3.8) is 0 Å². The summed E-state index contributed by atoms with van der Waals surface area (Å²) >= 11 is 1.36. The van der Waals surface area contributed by atoms with E-state index in [2.05, 4.69) is 4.99 Å². The number of hydrogen-bond acceptors (Lipinski definition) is 3. The Kier molecular flexibility index (Phi) is 5.23. The average molecular weight is 336 g/mol. The molecule has 0 unspecified atom stereocenters. The van der Waals surface area contributed by atoms with Gasteiger partial charge in [-0.3, -0.25) is 4.79 Å². The molecule has 23 heavy (non-hydrogen) atoms. The van der Waals surface area contributed by atoms with E-state index in [0.717, 1.165) is 35.9 Å². The van der Waals surface area contributed by atoms with Gasteiger partial charge in [-0.05, 0) is 38.0 Å². The van der Waals surface area contributed by atoms with Crippen molar-refractivity contribution in [3.8, 4) is 0 Å². The molecule has 1 saturated carbocycles. The van der Waals surface area contributed by atoms with Crippen LogP contribution in [0.4, 0.5) is 4.39 Å². The number of carbonyl (C=O) groups excluding carboxylic acids is 1. The molecular weight excluding hydrogens is 315 g/mol. The second kappa shape index (κ2) is 7.36. The molecule has 1 heterocycles. The molecule has 1 aromatic carbocycles. The number of benzene rings is 1. The minimum atomic E-state index is -0.274. The van der Waals surface area contributed by atoms with E-state index in [0.29, 0.717) is 24.6 Å². The molecular formula is C17H21FN2O2S. The summed E-state index contributed by atoms with van der Waals surface area (Å²) in [6.45, 7) is 3.74. The standard InChI is InChI=1S/C17H21FN2O2S/c1-2-22-10-9-20-14-8-7-13(18)11-15(14)23-17(20)19-16(21)12-5-3-4-6-12/h7-8,11-12H,2-6,9-10H2,1H3. The Balaban J connectivity index is 1.99. The number of halogens is 1. The van der Waals surface area contributed by atoms with Crippen LogP contribution in [0.25, 0.3) is 10.2 Å². The molecule has 1 aromatic heterocycles. The van der Waals surface area contributed by atoms with Crippen molar-refractivity contribution in [2.45, 2.75) is 39.2 Å². The van der Waals surface area contributed by atoms with Gasteiger partial charge in [-0.2, -0.15) is 4.99 Å². The van der Waals surface area contributed by atoms with Crippen molar-refractivity contribution in [3.05, 3.63) is 28.8 Å². The number of fused-ring (bicyclic) bond motifs is 1. The zero-order valence-electron chi connectivity index (χ0n) is 13.3. The predicted molar refractivity (Wildman–Crippen MR) is 88.8 cm³/mol. The first-order chi connectivity index (χ1) is 11.2. The van der Waals surface area contributed by atoms with Gasteiger partial charge in [0.1, 0.15) is 5.82 Å². The Morgan fingerprint density at radius 1 is 1.43 bits per heavy atom. The highest BCUT2D eigenvalue weighted by atomic mass is 32.1. The first kappa shape index (κ1) is 16.3. The molecule has 1 fully saturated rings. The van der Waals surface area contributed by atoms with Crippen molar-refractivity contribution in [2.24, 2.45) is 10.9 Å². The van der Waals surface area contributed by atoms with Gasteiger partial charge in [0.25, 0.3) is 5.91 Å². The van der Waals surface area contributed by atoms with Gasteiger partial charge in [-0.25, -0.2) is 4.39 Å². The van der Waals surface area contributed by atoms with Gasteiger partial charge in [0, 0.05) is 19.1 Å². The van der Waals surface area contributed by atoms with Gasteiger partial charge in [-0.1, -0.05) is 24.2 Å². The monoisotopic (exact) mass is 336 g/mol. The Hall–Kier alpha value is -1.53. The quantitative estimate of drug-likeness (QED) is 0.785. The second-order valence-electron chi connectivity index (χ2n) is 5.78. The first-order valence-electron chi connectivity index (χ1n) is 8.14. The molecule has 0 N–H and O–H groups in total. The maximum Gasteiger partial charge on any atom is 0.251 e. The number of amides is 1. The van der Waals surface area contributed by atoms with Crippen molar-refractivity contribution < 1.29 is 13.9 Å². The molecule has 1 aliphatic carbocycles. The van der Waals surface area contributed by atoms with Crippen molar-refractivity contribution in [1.82, 2.24) is 4.57 Å². The number of rotatable bonds is 5. The average Bonchev–Trinajstić information content (AvgIpc) is 3.16. The summed E-state index contributed by atoms with van der Waals surface area (Å²) < 4.78 is 21.7. The van der Waals surface area contributed by atoms with Crippen LogP contribution < -0.4 is 4.80 Å². The fourth-order valence-corrected chi connectivity index (χ4v) is 4.09. The SMILES string of the molecule is CCOCCn1c(=NC(=O)C2CCCC2)sc2cc(F)ccc21. The van der Waals surface area contributed by atoms with E-state index in [1.54, 1.807) is 6.07 Å². The van der Waals surface area contributed by atoms with Crippen LogP contribution in [-0.4, -0.2) is 23.7 Å². The number of thiazole rings is 1. The Morgan fingerprint density at radius 2 is 2.22 bits per heavy atom. The van der Waals surface area contributed by atoms with Crippen LogP contribution >= 0.6 is 11.3 Å². The summed E-state index contributed by atoms with van der Waals surface area (Å²) in [7, 11) is 0. The molecule has 0 atom stereocenters. The molecule has 3 rings (SSSR count). The van der Waals surface area contributed by atoms with Crippen molar-refractivity contribution in [1.29, 1.82) is 0 Å². The molecule has 0 radical (unpaired) electrons. The lowest BCUT2D eigenvalue weighted by Gasteiger charge is -2.06. The molecule has 0 bridgehead atoms. The topological polar surface area (TPSA) is 43.6 Å². The number of carbonyl (C=O) groups is 1. The van der Waals surface area contributed by atoms with Gasteiger partial charge in [0.2, 0.25) is 0 Å². The highest BCUT2D eigenvalue weighted by Crippen LogP contribution is 2.26. The van der Waals surface area contributed by atoms with E-state index >= 15 is 0 Å². The molecule has 0 spiro atoms. The van der Waals surface area contributed by atoms with Crippen LogP contribution in [0.3, 0.4) is 0 Å². The molecule has 1 amide bonds. The molecule has 6 heteroatoms. The Labute approximate surface area is 138 Å². The molecule has 1 aliphatic rings. The molecule has 0 saturated heterocycles. The van der Waals surface area contributed by atoms with Crippen LogP contribution in [0.15, 0.2) is 23.2 Å². The Morgan fingerprint density at radius 3 is 2.96 bits per heavy atom. The van der Waals surface area contributed by atoms with Gasteiger partial charge >= 0.3 is 0 Å². The van der Waals surface area contributed by atoms with Gasteiger partial charge in [0.15, 0.2) is 4.80 Å². The molecule has 124 valence electrons. The summed E-state index contributed by atoms with van der Waals surface area (Å²) in [6, 6.07) is 4.68. The Bertz CT molecular complexity index is 760. The van der Waals surface area contributed by atoms with E-state index in [1.165, 1.54) is 23.5 Å².